The number of pyridine rings is 1. The second-order valence-electron chi connectivity index (χ2n) is 6.31. The highest BCUT2D eigenvalue weighted by molar-refractivity contribution is 6.06. The number of carbonyl (C=O) groups is 1. The first kappa shape index (κ1) is 14.1. The standard InChI is InChI=1S/C18H22N2O/c1-12-6-8-20(9-7-12)18(21)16-11-14(3)19-17-5-4-13(2)10-15(16)17/h4-5,10-12H,6-9H2,1-3H3. The van der Waals surface area contributed by atoms with Crippen LogP contribution in [0.15, 0.2) is 24.3 Å². The van der Waals surface area contributed by atoms with E-state index in [-0.39, 0.29) is 5.91 Å². The van der Waals surface area contributed by atoms with Gasteiger partial charge in [0.2, 0.25) is 0 Å². The van der Waals surface area contributed by atoms with Crippen molar-refractivity contribution in [3.63, 3.8) is 0 Å². The van der Waals surface area contributed by atoms with Crippen LogP contribution in [0.3, 0.4) is 0 Å². The van der Waals surface area contributed by atoms with Crippen LogP contribution in [-0.4, -0.2) is 28.9 Å². The van der Waals surface area contributed by atoms with Gasteiger partial charge >= 0.3 is 0 Å². The average Bonchev–Trinajstić information content (AvgIpc) is 2.47. The number of likely N-dealkylation sites (tertiary alicyclic amines) is 1. The molecule has 2 heterocycles. The van der Waals surface area contributed by atoms with Crippen molar-refractivity contribution in [1.29, 1.82) is 0 Å². The van der Waals surface area contributed by atoms with Crippen molar-refractivity contribution < 1.29 is 4.79 Å². The molecule has 1 amide bonds. The quantitative estimate of drug-likeness (QED) is 0.798. The summed E-state index contributed by atoms with van der Waals surface area (Å²) in [7, 11) is 0. The minimum Gasteiger partial charge on any atom is -0.339 e. The van der Waals surface area contributed by atoms with Crippen molar-refractivity contribution in [2.75, 3.05) is 13.1 Å². The van der Waals surface area contributed by atoms with E-state index in [9.17, 15) is 4.79 Å². The molecule has 21 heavy (non-hydrogen) atoms. The molecule has 1 saturated heterocycles. The number of rotatable bonds is 1. The van der Waals surface area contributed by atoms with Crippen LogP contribution in [0, 0.1) is 19.8 Å². The number of carbonyl (C=O) groups excluding carboxylic acids is 1. The Morgan fingerprint density at radius 1 is 1.19 bits per heavy atom. The van der Waals surface area contributed by atoms with Gasteiger partial charge in [-0.25, -0.2) is 0 Å². The minimum atomic E-state index is 0.156. The summed E-state index contributed by atoms with van der Waals surface area (Å²) in [5.41, 5.74) is 3.78. The number of hydrogen-bond donors (Lipinski definition) is 0. The molecule has 3 heteroatoms. The summed E-state index contributed by atoms with van der Waals surface area (Å²) in [6, 6.07) is 8.06. The number of nitrogens with zero attached hydrogens (tertiary/aromatic N) is 2. The number of fused-ring (bicyclic) bond motifs is 1. The van der Waals surface area contributed by atoms with Gasteiger partial charge in [-0.15, -0.1) is 0 Å². The van der Waals surface area contributed by atoms with E-state index in [1.807, 2.05) is 30.0 Å². The SMILES string of the molecule is Cc1ccc2nc(C)cc(C(=O)N3CCC(C)CC3)c2c1. The van der Waals surface area contributed by atoms with Gasteiger partial charge in [-0.2, -0.15) is 0 Å². The third kappa shape index (κ3) is 2.78. The molecule has 3 nitrogen and oxygen atoms in total. The molecule has 1 aromatic carbocycles. The largest absolute Gasteiger partial charge is 0.339 e. The van der Waals surface area contributed by atoms with E-state index >= 15 is 0 Å². The Labute approximate surface area is 126 Å². The highest BCUT2D eigenvalue weighted by Crippen LogP contribution is 2.24. The van der Waals surface area contributed by atoms with Crippen LogP contribution in [-0.2, 0) is 0 Å². The van der Waals surface area contributed by atoms with Gasteiger partial charge in [0.1, 0.15) is 0 Å². The van der Waals surface area contributed by atoms with E-state index in [2.05, 4.69) is 24.9 Å². The van der Waals surface area contributed by atoms with Crippen LogP contribution >= 0.6 is 0 Å². The molecule has 110 valence electrons. The number of aryl methyl sites for hydroxylation is 2. The number of aromatic nitrogens is 1. The molecule has 1 aliphatic heterocycles. The highest BCUT2D eigenvalue weighted by Gasteiger charge is 2.23. The lowest BCUT2D eigenvalue weighted by molar-refractivity contribution is 0.0699. The predicted octanol–water partition coefficient (Wildman–Crippen LogP) is 3.72. The fraction of sp³-hybridized carbons (Fsp3) is 0.444. The van der Waals surface area contributed by atoms with Gasteiger partial charge in [0, 0.05) is 24.2 Å². The Kier molecular flexibility index (Phi) is 3.66. The third-order valence-electron chi connectivity index (χ3n) is 4.39. The Hall–Kier alpha value is -1.90. The summed E-state index contributed by atoms with van der Waals surface area (Å²) in [6.07, 6.45) is 2.21. The molecule has 0 N–H and O–H groups in total. The van der Waals surface area contributed by atoms with E-state index in [0.717, 1.165) is 59.6 Å². The van der Waals surface area contributed by atoms with E-state index in [1.54, 1.807) is 0 Å². The summed E-state index contributed by atoms with van der Waals surface area (Å²) in [5, 5.41) is 0.976. The molecule has 0 bridgehead atoms. The maximum Gasteiger partial charge on any atom is 0.254 e. The number of piperidine rings is 1. The molecular formula is C18H22N2O. The molecule has 0 unspecified atom stereocenters. The predicted molar refractivity (Wildman–Crippen MR) is 85.5 cm³/mol. The van der Waals surface area contributed by atoms with Crippen molar-refractivity contribution in [3.05, 3.63) is 41.1 Å². The van der Waals surface area contributed by atoms with Gasteiger partial charge in [0.25, 0.3) is 5.91 Å². The zero-order valence-electron chi connectivity index (χ0n) is 13.0. The summed E-state index contributed by atoms with van der Waals surface area (Å²) in [4.78, 5) is 19.4. The molecule has 0 atom stereocenters. The Bertz CT molecular complexity index is 685. The van der Waals surface area contributed by atoms with E-state index in [4.69, 9.17) is 0 Å². The molecule has 1 aromatic heterocycles. The summed E-state index contributed by atoms with van der Waals surface area (Å²) in [6.45, 7) is 8.00. The first-order valence-corrected chi connectivity index (χ1v) is 7.72. The van der Waals surface area contributed by atoms with Crippen molar-refractivity contribution in [3.8, 4) is 0 Å². The molecular weight excluding hydrogens is 260 g/mol. The summed E-state index contributed by atoms with van der Waals surface area (Å²) < 4.78 is 0. The molecule has 0 radical (unpaired) electrons. The van der Waals surface area contributed by atoms with Crippen LogP contribution in [0.1, 0.15) is 41.4 Å². The van der Waals surface area contributed by atoms with Crippen LogP contribution < -0.4 is 0 Å². The smallest absolute Gasteiger partial charge is 0.254 e. The number of hydrogen-bond acceptors (Lipinski definition) is 2. The summed E-state index contributed by atoms with van der Waals surface area (Å²) in [5.74, 6) is 0.884. The number of amides is 1. The third-order valence-corrected chi connectivity index (χ3v) is 4.39. The topological polar surface area (TPSA) is 33.2 Å². The monoisotopic (exact) mass is 282 g/mol. The van der Waals surface area contributed by atoms with Gasteiger partial charge in [-0.1, -0.05) is 18.6 Å². The second-order valence-corrected chi connectivity index (χ2v) is 6.31. The second kappa shape index (κ2) is 5.47. The Morgan fingerprint density at radius 2 is 1.90 bits per heavy atom. The van der Waals surface area contributed by atoms with E-state index < -0.39 is 0 Å². The Balaban J connectivity index is 2.02. The molecule has 1 aliphatic rings. The van der Waals surface area contributed by atoms with Gasteiger partial charge in [0.15, 0.2) is 0 Å². The minimum absolute atomic E-state index is 0.156. The van der Waals surface area contributed by atoms with Gasteiger partial charge in [-0.05, 0) is 50.8 Å². The van der Waals surface area contributed by atoms with Crippen LogP contribution in [0.25, 0.3) is 10.9 Å². The maximum atomic E-state index is 12.9. The van der Waals surface area contributed by atoms with E-state index in [0.29, 0.717) is 0 Å². The van der Waals surface area contributed by atoms with Crippen LogP contribution in [0.2, 0.25) is 0 Å². The van der Waals surface area contributed by atoms with Crippen LogP contribution in [0.4, 0.5) is 0 Å². The lowest BCUT2D eigenvalue weighted by atomic mass is 9.97. The maximum absolute atomic E-state index is 12.9. The molecule has 1 fully saturated rings. The lowest BCUT2D eigenvalue weighted by Gasteiger charge is -2.30. The molecule has 2 aromatic rings. The van der Waals surface area contributed by atoms with Crippen molar-refractivity contribution in [2.24, 2.45) is 5.92 Å². The zero-order chi connectivity index (χ0) is 15.0. The molecule has 0 saturated carbocycles. The fourth-order valence-electron chi connectivity index (χ4n) is 3.03. The highest BCUT2D eigenvalue weighted by atomic mass is 16.2. The summed E-state index contributed by atoms with van der Waals surface area (Å²) >= 11 is 0. The van der Waals surface area contributed by atoms with Crippen molar-refractivity contribution >= 4 is 16.8 Å². The van der Waals surface area contributed by atoms with Gasteiger partial charge < -0.3 is 4.90 Å². The number of benzene rings is 1. The lowest BCUT2D eigenvalue weighted by Crippen LogP contribution is -2.38. The Morgan fingerprint density at radius 3 is 2.62 bits per heavy atom. The van der Waals surface area contributed by atoms with Crippen LogP contribution in [0.5, 0.6) is 0 Å². The van der Waals surface area contributed by atoms with Crippen molar-refractivity contribution in [2.45, 2.75) is 33.6 Å². The van der Waals surface area contributed by atoms with Crippen molar-refractivity contribution in [1.82, 2.24) is 9.88 Å². The molecule has 0 aliphatic carbocycles. The normalized spacial score (nSPS) is 16.4. The van der Waals surface area contributed by atoms with Gasteiger partial charge in [0.05, 0.1) is 11.1 Å². The first-order chi connectivity index (χ1) is 10.0. The zero-order valence-corrected chi connectivity index (χ0v) is 13.0. The molecule has 3 rings (SSSR count). The van der Waals surface area contributed by atoms with E-state index in [1.165, 1.54) is 0 Å². The first-order valence-electron chi connectivity index (χ1n) is 7.72. The van der Waals surface area contributed by atoms with Gasteiger partial charge in [-0.3, -0.25) is 9.78 Å². The molecule has 0 spiro atoms. The average molecular weight is 282 g/mol. The fourth-order valence-corrected chi connectivity index (χ4v) is 3.03.